The van der Waals surface area contributed by atoms with Gasteiger partial charge in [0.1, 0.15) is 0 Å². The molecule has 0 atom stereocenters. The van der Waals surface area contributed by atoms with Crippen LogP contribution in [0.1, 0.15) is 43.5 Å². The number of rotatable bonds is 3. The molecule has 0 spiro atoms. The van der Waals surface area contributed by atoms with Gasteiger partial charge in [0.05, 0.1) is 5.52 Å². The largest absolute Gasteiger partial charge is 0.345 e. The molecule has 19 heavy (non-hydrogen) atoms. The second kappa shape index (κ2) is 4.38. The Kier molecular flexibility index (Phi) is 2.94. The molecule has 2 heterocycles. The van der Waals surface area contributed by atoms with E-state index in [0.29, 0.717) is 0 Å². The van der Waals surface area contributed by atoms with E-state index in [4.69, 9.17) is 5.73 Å². The lowest BCUT2D eigenvalue weighted by atomic mass is 9.93. The first-order valence-corrected chi connectivity index (χ1v) is 7.34. The van der Waals surface area contributed by atoms with Crippen LogP contribution in [0.15, 0.2) is 18.2 Å². The second-order valence-corrected chi connectivity index (χ2v) is 6.72. The summed E-state index contributed by atoms with van der Waals surface area (Å²) in [5, 5.41) is 1.42. The topological polar surface area (TPSA) is 30.9 Å². The summed E-state index contributed by atoms with van der Waals surface area (Å²) in [5.74, 6) is 0. The number of nitrogens with zero attached hydrogens (tertiary/aromatic N) is 1. The third-order valence-corrected chi connectivity index (χ3v) is 4.22. The second-order valence-electron chi connectivity index (χ2n) is 6.72. The molecule has 1 aliphatic rings. The Morgan fingerprint density at radius 1 is 1.26 bits per heavy atom. The van der Waals surface area contributed by atoms with Crippen LogP contribution in [0, 0.1) is 6.92 Å². The van der Waals surface area contributed by atoms with E-state index in [9.17, 15) is 0 Å². The SMILES string of the molecule is Cc1cc2cc(CCC(C)(C)N)cc3c2n1CCC3. The molecule has 1 aromatic carbocycles. The van der Waals surface area contributed by atoms with E-state index in [-0.39, 0.29) is 5.54 Å². The van der Waals surface area contributed by atoms with Gasteiger partial charge in [-0.2, -0.15) is 0 Å². The monoisotopic (exact) mass is 256 g/mol. The minimum Gasteiger partial charge on any atom is -0.345 e. The van der Waals surface area contributed by atoms with Gasteiger partial charge >= 0.3 is 0 Å². The molecule has 0 amide bonds. The number of hydrogen-bond donors (Lipinski definition) is 1. The van der Waals surface area contributed by atoms with Crippen molar-refractivity contribution in [3.63, 3.8) is 0 Å². The smallest absolute Gasteiger partial charge is 0.0515 e. The van der Waals surface area contributed by atoms with Crippen molar-refractivity contribution in [2.45, 2.75) is 58.5 Å². The van der Waals surface area contributed by atoms with E-state index >= 15 is 0 Å². The lowest BCUT2D eigenvalue weighted by Crippen LogP contribution is -2.32. The average molecular weight is 256 g/mol. The zero-order valence-corrected chi connectivity index (χ0v) is 12.3. The molecule has 2 heteroatoms. The van der Waals surface area contributed by atoms with Gasteiger partial charge in [0.2, 0.25) is 0 Å². The minimum atomic E-state index is -0.0754. The number of aryl methyl sites for hydroxylation is 4. The van der Waals surface area contributed by atoms with Crippen molar-refractivity contribution in [2.24, 2.45) is 5.73 Å². The Morgan fingerprint density at radius 3 is 2.79 bits per heavy atom. The van der Waals surface area contributed by atoms with Gasteiger partial charge < -0.3 is 10.3 Å². The Bertz CT molecular complexity index is 614. The lowest BCUT2D eigenvalue weighted by molar-refractivity contribution is 0.477. The van der Waals surface area contributed by atoms with Crippen molar-refractivity contribution in [1.82, 2.24) is 4.57 Å². The van der Waals surface area contributed by atoms with Crippen LogP contribution in [0.3, 0.4) is 0 Å². The maximum absolute atomic E-state index is 6.10. The maximum atomic E-state index is 6.10. The van der Waals surface area contributed by atoms with Gasteiger partial charge in [0.25, 0.3) is 0 Å². The molecule has 0 bridgehead atoms. The van der Waals surface area contributed by atoms with Crippen LogP contribution in [0.5, 0.6) is 0 Å². The standard InChI is InChI=1S/C17H24N2/c1-12-9-15-11-13(6-7-17(2,3)18)10-14-5-4-8-19(12)16(14)15/h9-11H,4-8,18H2,1-3H3. The molecule has 2 N–H and O–H groups in total. The van der Waals surface area contributed by atoms with Gasteiger partial charge in [-0.05, 0) is 69.7 Å². The number of benzene rings is 1. The van der Waals surface area contributed by atoms with E-state index in [1.807, 2.05) is 0 Å². The number of aromatic nitrogens is 1. The molecule has 0 aliphatic carbocycles. The Balaban J connectivity index is 2.00. The third kappa shape index (κ3) is 2.42. The van der Waals surface area contributed by atoms with Gasteiger partial charge in [-0.3, -0.25) is 0 Å². The van der Waals surface area contributed by atoms with Gasteiger partial charge in [-0.15, -0.1) is 0 Å². The molecule has 1 aliphatic heterocycles. The van der Waals surface area contributed by atoms with Crippen LogP contribution < -0.4 is 5.73 Å². The highest BCUT2D eigenvalue weighted by molar-refractivity contribution is 5.85. The Hall–Kier alpha value is -1.28. The predicted octanol–water partition coefficient (Wildman–Crippen LogP) is 3.57. The summed E-state index contributed by atoms with van der Waals surface area (Å²) in [6, 6.07) is 7.10. The molecule has 0 fully saturated rings. The molecular weight excluding hydrogens is 232 g/mol. The summed E-state index contributed by atoms with van der Waals surface area (Å²) in [4.78, 5) is 0. The Morgan fingerprint density at radius 2 is 2.05 bits per heavy atom. The minimum absolute atomic E-state index is 0.0754. The molecule has 3 rings (SSSR count). The number of nitrogens with two attached hydrogens (primary N) is 1. The fourth-order valence-electron chi connectivity index (χ4n) is 3.22. The maximum Gasteiger partial charge on any atom is 0.0515 e. The van der Waals surface area contributed by atoms with E-state index in [1.165, 1.54) is 47.1 Å². The van der Waals surface area contributed by atoms with Crippen LogP contribution in [0.4, 0.5) is 0 Å². The molecular formula is C17H24N2. The van der Waals surface area contributed by atoms with Crippen LogP contribution in [0.25, 0.3) is 10.9 Å². The van der Waals surface area contributed by atoms with Gasteiger partial charge in [-0.25, -0.2) is 0 Å². The fourth-order valence-corrected chi connectivity index (χ4v) is 3.22. The summed E-state index contributed by atoms with van der Waals surface area (Å²) < 4.78 is 2.48. The molecule has 0 unspecified atom stereocenters. The summed E-state index contributed by atoms with van der Waals surface area (Å²) in [6.07, 6.45) is 4.61. The molecule has 0 saturated carbocycles. The van der Waals surface area contributed by atoms with Crippen LogP contribution in [-0.2, 0) is 19.4 Å². The highest BCUT2D eigenvalue weighted by atomic mass is 15.0. The summed E-state index contributed by atoms with van der Waals surface area (Å²) >= 11 is 0. The molecule has 1 aromatic heterocycles. The first-order valence-electron chi connectivity index (χ1n) is 7.34. The highest BCUT2D eigenvalue weighted by Gasteiger charge is 2.17. The van der Waals surface area contributed by atoms with E-state index in [1.54, 1.807) is 0 Å². The summed E-state index contributed by atoms with van der Waals surface area (Å²) in [6.45, 7) is 7.61. The van der Waals surface area contributed by atoms with Gasteiger partial charge in [-0.1, -0.05) is 6.07 Å². The van der Waals surface area contributed by atoms with Crippen molar-refractivity contribution in [1.29, 1.82) is 0 Å². The quantitative estimate of drug-likeness (QED) is 0.894. The predicted molar refractivity (Wildman–Crippen MR) is 81.6 cm³/mol. The molecule has 0 saturated heterocycles. The summed E-state index contributed by atoms with van der Waals surface area (Å²) in [5.41, 5.74) is 11.9. The Labute approximate surface area is 115 Å². The van der Waals surface area contributed by atoms with Crippen LogP contribution in [-0.4, -0.2) is 10.1 Å². The van der Waals surface area contributed by atoms with E-state index in [2.05, 4.69) is 43.5 Å². The molecule has 102 valence electrons. The van der Waals surface area contributed by atoms with E-state index < -0.39 is 0 Å². The number of hydrogen-bond acceptors (Lipinski definition) is 1. The van der Waals surface area contributed by atoms with Crippen molar-refractivity contribution < 1.29 is 0 Å². The first-order chi connectivity index (χ1) is 8.94. The van der Waals surface area contributed by atoms with Crippen LogP contribution >= 0.6 is 0 Å². The normalized spacial score (nSPS) is 15.2. The van der Waals surface area contributed by atoms with Gasteiger partial charge in [0.15, 0.2) is 0 Å². The zero-order valence-electron chi connectivity index (χ0n) is 12.3. The van der Waals surface area contributed by atoms with Gasteiger partial charge in [0, 0.05) is 23.2 Å². The highest BCUT2D eigenvalue weighted by Crippen LogP contribution is 2.30. The molecule has 2 nitrogen and oxygen atoms in total. The van der Waals surface area contributed by atoms with Crippen molar-refractivity contribution >= 4 is 10.9 Å². The fraction of sp³-hybridized carbons (Fsp3) is 0.529. The molecule has 2 aromatic rings. The first kappa shape index (κ1) is 12.7. The third-order valence-electron chi connectivity index (χ3n) is 4.22. The van der Waals surface area contributed by atoms with E-state index in [0.717, 1.165) is 12.8 Å². The summed E-state index contributed by atoms with van der Waals surface area (Å²) in [7, 11) is 0. The van der Waals surface area contributed by atoms with Crippen molar-refractivity contribution in [2.75, 3.05) is 0 Å². The van der Waals surface area contributed by atoms with Crippen LogP contribution in [0.2, 0.25) is 0 Å². The zero-order chi connectivity index (χ0) is 13.6. The molecule has 0 radical (unpaired) electrons. The lowest BCUT2D eigenvalue weighted by Gasteiger charge is -2.20. The van der Waals surface area contributed by atoms with Crippen molar-refractivity contribution in [3.8, 4) is 0 Å². The van der Waals surface area contributed by atoms with Crippen molar-refractivity contribution in [3.05, 3.63) is 35.0 Å². The average Bonchev–Trinajstić information content (AvgIpc) is 2.65.